The van der Waals surface area contributed by atoms with Crippen molar-refractivity contribution in [3.05, 3.63) is 46.7 Å². The van der Waals surface area contributed by atoms with Gasteiger partial charge in [-0.3, -0.25) is 9.36 Å². The van der Waals surface area contributed by atoms with E-state index in [4.69, 9.17) is 22.1 Å². The molecule has 0 aliphatic rings. The lowest BCUT2D eigenvalue weighted by molar-refractivity contribution is 0.0594. The fourth-order valence-corrected chi connectivity index (χ4v) is 2.95. The molecule has 2 aromatic heterocycles. The molecule has 0 saturated carbocycles. The second-order valence-corrected chi connectivity index (χ2v) is 6.10. The van der Waals surface area contributed by atoms with Crippen molar-refractivity contribution in [2.24, 2.45) is 0 Å². The number of anilines is 1. The number of pyridine rings is 1. The van der Waals surface area contributed by atoms with Gasteiger partial charge in [0, 0.05) is 24.3 Å². The molecule has 0 spiro atoms. The molecule has 0 bridgehead atoms. The van der Waals surface area contributed by atoms with Crippen LogP contribution in [0.15, 0.2) is 24.4 Å². The van der Waals surface area contributed by atoms with Crippen molar-refractivity contribution in [2.75, 3.05) is 26.6 Å². The Morgan fingerprint density at radius 2 is 1.93 bits per heavy atom. The van der Waals surface area contributed by atoms with Crippen LogP contribution >= 0.6 is 11.6 Å². The van der Waals surface area contributed by atoms with Crippen molar-refractivity contribution < 1.29 is 27.8 Å². The Morgan fingerprint density at radius 3 is 2.57 bits per heavy atom. The summed E-state index contributed by atoms with van der Waals surface area (Å²) in [6.07, 6.45) is 1.37. The minimum Gasteiger partial charge on any atom is -0.464 e. The van der Waals surface area contributed by atoms with Gasteiger partial charge in [-0.15, -0.1) is 0 Å². The van der Waals surface area contributed by atoms with Crippen molar-refractivity contribution in [1.82, 2.24) is 9.55 Å². The number of benzene rings is 1. The van der Waals surface area contributed by atoms with E-state index in [0.717, 1.165) is 11.7 Å². The molecule has 0 unspecified atom stereocenters. The maximum atomic E-state index is 15.3. The molecule has 0 aliphatic carbocycles. The zero-order valence-electron chi connectivity index (χ0n) is 14.8. The Labute approximate surface area is 162 Å². The van der Waals surface area contributed by atoms with Gasteiger partial charge >= 0.3 is 5.97 Å². The lowest BCUT2D eigenvalue weighted by atomic mass is 10.1. The van der Waals surface area contributed by atoms with Crippen LogP contribution in [0.5, 0.6) is 0 Å². The molecule has 0 aliphatic heterocycles. The highest BCUT2D eigenvalue weighted by molar-refractivity contribution is 6.35. The third-order valence-corrected chi connectivity index (χ3v) is 4.46. The Morgan fingerprint density at radius 1 is 1.21 bits per heavy atom. The van der Waals surface area contributed by atoms with Gasteiger partial charge < -0.3 is 15.2 Å². The van der Waals surface area contributed by atoms with Gasteiger partial charge in [0.1, 0.15) is 12.3 Å². The van der Waals surface area contributed by atoms with Crippen LogP contribution in [0.3, 0.4) is 0 Å². The summed E-state index contributed by atoms with van der Waals surface area (Å²) in [5, 5.41) is -0.0329. The number of aromatic nitrogens is 2. The van der Waals surface area contributed by atoms with E-state index in [9.17, 15) is 14.0 Å². The number of rotatable bonds is 4. The molecule has 0 fully saturated rings. The van der Waals surface area contributed by atoms with Crippen molar-refractivity contribution in [1.29, 1.82) is 0 Å². The predicted octanol–water partition coefficient (Wildman–Crippen LogP) is 3.29. The number of carbonyl (C=O) groups is 2. The number of nitrogens with zero attached hydrogens (tertiary/aromatic N) is 2. The molecule has 28 heavy (non-hydrogen) atoms. The van der Waals surface area contributed by atoms with E-state index in [1.54, 1.807) is 0 Å². The third-order valence-electron chi connectivity index (χ3n) is 4.07. The summed E-state index contributed by atoms with van der Waals surface area (Å²) in [5.74, 6) is -3.50. The largest absolute Gasteiger partial charge is 0.464 e. The highest BCUT2D eigenvalue weighted by Gasteiger charge is 2.26. The summed E-state index contributed by atoms with van der Waals surface area (Å²) in [4.78, 5) is 27.8. The van der Waals surface area contributed by atoms with E-state index in [1.165, 1.54) is 31.5 Å². The molecule has 3 rings (SSSR count). The minimum atomic E-state index is -1.10. The molecule has 7 nitrogen and oxygen atoms in total. The zero-order valence-corrected chi connectivity index (χ0v) is 15.5. The van der Waals surface area contributed by atoms with Crippen LogP contribution in [0, 0.1) is 11.6 Å². The monoisotopic (exact) mass is 409 g/mol. The van der Waals surface area contributed by atoms with E-state index in [2.05, 4.69) is 9.72 Å². The average Bonchev–Trinajstić information content (AvgIpc) is 3.12. The Bertz CT molecular complexity index is 1110. The normalized spacial score (nSPS) is 11.0. The minimum absolute atomic E-state index is 0.0890. The van der Waals surface area contributed by atoms with E-state index >= 15 is 4.39 Å². The lowest BCUT2D eigenvalue weighted by Gasteiger charge is -2.12. The smallest absolute Gasteiger partial charge is 0.358 e. The molecule has 146 valence electrons. The second-order valence-electron chi connectivity index (χ2n) is 5.72. The number of nitrogen functional groups attached to an aromatic ring is 1. The summed E-state index contributed by atoms with van der Waals surface area (Å²) in [6, 6.07) is 4.27. The topological polar surface area (TPSA) is 96.4 Å². The first kappa shape index (κ1) is 19.7. The first-order valence-electron chi connectivity index (χ1n) is 7.86. The summed E-state index contributed by atoms with van der Waals surface area (Å²) in [6.45, 7) is -0.277. The highest BCUT2D eigenvalue weighted by Crippen LogP contribution is 2.35. The van der Waals surface area contributed by atoms with Crippen molar-refractivity contribution >= 4 is 40.1 Å². The Kier molecular flexibility index (Phi) is 5.30. The zero-order chi connectivity index (χ0) is 20.6. The molecule has 3 aromatic rings. The van der Waals surface area contributed by atoms with E-state index in [0.29, 0.717) is 5.39 Å². The fraction of sp³-hybridized carbons (Fsp3) is 0.167. The first-order chi connectivity index (χ1) is 13.3. The van der Waals surface area contributed by atoms with Crippen LogP contribution in [0.4, 0.5) is 14.5 Å². The SMILES string of the molecule is COCC(=O)n1ccc2ccc(-c3nc(C(=O)OC)c(Cl)c(N)c3F)c(F)c21. The van der Waals surface area contributed by atoms with Crippen LogP contribution in [0.1, 0.15) is 15.3 Å². The quantitative estimate of drug-likeness (QED) is 0.664. The lowest BCUT2D eigenvalue weighted by Crippen LogP contribution is -2.16. The van der Waals surface area contributed by atoms with Crippen LogP contribution in [-0.2, 0) is 9.47 Å². The van der Waals surface area contributed by atoms with Gasteiger partial charge in [0.05, 0.1) is 23.3 Å². The Balaban J connectivity index is 2.29. The van der Waals surface area contributed by atoms with Gasteiger partial charge in [-0.25, -0.2) is 18.6 Å². The van der Waals surface area contributed by atoms with E-state index < -0.39 is 45.6 Å². The number of fused-ring (bicyclic) bond motifs is 1. The van der Waals surface area contributed by atoms with Crippen molar-refractivity contribution in [3.63, 3.8) is 0 Å². The number of methoxy groups -OCH3 is 2. The van der Waals surface area contributed by atoms with Crippen molar-refractivity contribution in [2.45, 2.75) is 0 Å². The molecule has 2 heterocycles. The number of carbonyl (C=O) groups excluding carboxylic acids is 2. The number of halogens is 3. The van der Waals surface area contributed by atoms with Gasteiger partial charge in [0.25, 0.3) is 5.91 Å². The number of hydrogen-bond acceptors (Lipinski definition) is 6. The highest BCUT2D eigenvalue weighted by atomic mass is 35.5. The van der Waals surface area contributed by atoms with Gasteiger partial charge in [0.15, 0.2) is 17.3 Å². The number of esters is 1. The van der Waals surface area contributed by atoms with Crippen LogP contribution < -0.4 is 5.73 Å². The van der Waals surface area contributed by atoms with Crippen LogP contribution in [0.25, 0.3) is 22.2 Å². The summed E-state index contributed by atoms with van der Waals surface area (Å²) >= 11 is 5.87. The molecule has 1 aromatic carbocycles. The summed E-state index contributed by atoms with van der Waals surface area (Å²) < 4.78 is 40.3. The van der Waals surface area contributed by atoms with Gasteiger partial charge in [-0.1, -0.05) is 17.7 Å². The average molecular weight is 410 g/mol. The maximum Gasteiger partial charge on any atom is 0.358 e. The van der Waals surface area contributed by atoms with Crippen LogP contribution in [-0.4, -0.2) is 42.3 Å². The van der Waals surface area contributed by atoms with Gasteiger partial charge in [-0.2, -0.15) is 0 Å². The standard InChI is InChI=1S/C18H14ClF2N3O4/c1-27-7-10(25)24-6-5-8-3-4-9(12(20)17(8)24)15-13(21)14(22)11(19)16(23-15)18(26)28-2/h3-6H,7H2,1-2H3,(H2,22,23). The van der Waals surface area contributed by atoms with Crippen molar-refractivity contribution in [3.8, 4) is 11.3 Å². The molecule has 10 heteroatoms. The fourth-order valence-electron chi connectivity index (χ4n) is 2.74. The number of ether oxygens (including phenoxy) is 2. The first-order valence-corrected chi connectivity index (χ1v) is 8.24. The van der Waals surface area contributed by atoms with E-state index in [1.807, 2.05) is 0 Å². The van der Waals surface area contributed by atoms with Crippen LogP contribution in [0.2, 0.25) is 5.02 Å². The van der Waals surface area contributed by atoms with Gasteiger partial charge in [0.2, 0.25) is 0 Å². The predicted molar refractivity (Wildman–Crippen MR) is 98.3 cm³/mol. The second kappa shape index (κ2) is 7.53. The molecule has 2 N–H and O–H groups in total. The third kappa shape index (κ3) is 3.08. The number of nitrogens with two attached hydrogens (primary N) is 1. The summed E-state index contributed by atoms with van der Waals surface area (Å²) in [5.41, 5.74) is 3.67. The molecular weight excluding hydrogens is 396 g/mol. The molecule has 0 amide bonds. The van der Waals surface area contributed by atoms with Gasteiger partial charge in [-0.05, 0) is 12.1 Å². The van der Waals surface area contributed by atoms with E-state index in [-0.39, 0.29) is 17.7 Å². The Hall–Kier alpha value is -3.04. The maximum absolute atomic E-state index is 15.3. The molecule has 0 radical (unpaired) electrons. The number of hydrogen-bond donors (Lipinski definition) is 1. The molecule has 0 saturated heterocycles. The molecular formula is C18H14ClF2N3O4. The molecule has 0 atom stereocenters. The summed E-state index contributed by atoms with van der Waals surface area (Å²) in [7, 11) is 2.41.